The van der Waals surface area contributed by atoms with Gasteiger partial charge in [-0.2, -0.15) is 0 Å². The molecule has 0 bridgehead atoms. The van der Waals surface area contributed by atoms with Crippen LogP contribution >= 0.6 is 0 Å². The Morgan fingerprint density at radius 2 is 2.17 bits per heavy atom. The molecule has 0 radical (unpaired) electrons. The van der Waals surface area contributed by atoms with E-state index in [0.717, 1.165) is 43.3 Å². The van der Waals surface area contributed by atoms with Gasteiger partial charge in [-0.25, -0.2) is 0 Å². The Hall–Kier alpha value is -1.59. The minimum atomic E-state index is -0.247. The molecular formula is C19H30N2O3. The molecular weight excluding hydrogens is 304 g/mol. The van der Waals surface area contributed by atoms with Gasteiger partial charge in [-0.3, -0.25) is 4.79 Å². The fourth-order valence-electron chi connectivity index (χ4n) is 3.06. The number of benzene rings is 1. The third kappa shape index (κ3) is 5.80. The second kappa shape index (κ2) is 9.64. The van der Waals surface area contributed by atoms with Gasteiger partial charge in [0, 0.05) is 11.6 Å². The van der Waals surface area contributed by atoms with Gasteiger partial charge in [0.05, 0.1) is 13.2 Å². The molecule has 1 fully saturated rings. The van der Waals surface area contributed by atoms with Crippen LogP contribution in [-0.2, 0) is 0 Å². The van der Waals surface area contributed by atoms with E-state index >= 15 is 0 Å². The summed E-state index contributed by atoms with van der Waals surface area (Å²) in [5.41, 5.74) is 1.51. The molecule has 1 heterocycles. The van der Waals surface area contributed by atoms with Gasteiger partial charge >= 0.3 is 0 Å². The zero-order chi connectivity index (χ0) is 17.4. The number of carbonyl (C=O) groups excluding carboxylic acids is 1. The first-order chi connectivity index (χ1) is 11.6. The number of aliphatic hydroxyl groups is 1. The minimum absolute atomic E-state index is 0.0664. The van der Waals surface area contributed by atoms with Crippen LogP contribution in [0.1, 0.15) is 48.5 Å². The van der Waals surface area contributed by atoms with Crippen LogP contribution in [0.25, 0.3) is 0 Å². The number of piperidine rings is 1. The van der Waals surface area contributed by atoms with E-state index in [-0.39, 0.29) is 18.6 Å². The summed E-state index contributed by atoms with van der Waals surface area (Å²) in [5.74, 6) is 1.48. The third-order valence-corrected chi connectivity index (χ3v) is 4.58. The fourth-order valence-corrected chi connectivity index (χ4v) is 3.06. The quantitative estimate of drug-likeness (QED) is 0.638. The number of amides is 1. The number of carbonyl (C=O) groups is 1. The second-order valence-corrected chi connectivity index (χ2v) is 6.72. The molecule has 0 aliphatic carbocycles. The van der Waals surface area contributed by atoms with E-state index in [9.17, 15) is 4.79 Å². The van der Waals surface area contributed by atoms with E-state index in [0.29, 0.717) is 5.56 Å². The molecule has 1 atom stereocenters. The number of ether oxygens (including phenoxy) is 1. The molecule has 24 heavy (non-hydrogen) atoms. The first-order valence-corrected chi connectivity index (χ1v) is 8.96. The highest BCUT2D eigenvalue weighted by Gasteiger charge is 2.13. The van der Waals surface area contributed by atoms with Gasteiger partial charge in [-0.1, -0.05) is 0 Å². The van der Waals surface area contributed by atoms with Crippen LogP contribution in [0.5, 0.6) is 5.75 Å². The highest BCUT2D eigenvalue weighted by molar-refractivity contribution is 5.95. The summed E-state index contributed by atoms with van der Waals surface area (Å²) in [7, 11) is 0. The van der Waals surface area contributed by atoms with Gasteiger partial charge in [0.15, 0.2) is 0 Å². The molecule has 1 aliphatic rings. The first kappa shape index (κ1) is 18.7. The van der Waals surface area contributed by atoms with Crippen molar-refractivity contribution in [3.05, 3.63) is 29.3 Å². The highest BCUT2D eigenvalue weighted by Crippen LogP contribution is 2.20. The van der Waals surface area contributed by atoms with E-state index in [1.807, 2.05) is 19.1 Å². The predicted octanol–water partition coefficient (Wildman–Crippen LogP) is 2.26. The number of rotatable bonds is 8. The number of nitrogens with one attached hydrogen (secondary N) is 2. The van der Waals surface area contributed by atoms with E-state index in [1.54, 1.807) is 13.0 Å². The Morgan fingerprint density at radius 3 is 2.83 bits per heavy atom. The molecule has 1 aromatic rings. The lowest BCUT2D eigenvalue weighted by Gasteiger charge is -2.22. The van der Waals surface area contributed by atoms with Gasteiger partial charge in [-0.15, -0.1) is 0 Å². The monoisotopic (exact) mass is 334 g/mol. The second-order valence-electron chi connectivity index (χ2n) is 6.72. The topological polar surface area (TPSA) is 70.6 Å². The van der Waals surface area contributed by atoms with E-state index < -0.39 is 0 Å². The molecule has 0 unspecified atom stereocenters. The number of hydrogen-bond acceptors (Lipinski definition) is 4. The van der Waals surface area contributed by atoms with Crippen LogP contribution in [-0.4, -0.2) is 43.4 Å². The van der Waals surface area contributed by atoms with Crippen LogP contribution < -0.4 is 15.4 Å². The highest BCUT2D eigenvalue weighted by atomic mass is 16.5. The molecule has 1 saturated heterocycles. The Morgan fingerprint density at radius 1 is 1.42 bits per heavy atom. The molecule has 5 heteroatoms. The molecule has 1 amide bonds. The summed E-state index contributed by atoms with van der Waals surface area (Å²) in [6, 6.07) is 5.29. The zero-order valence-corrected chi connectivity index (χ0v) is 14.8. The molecule has 0 aromatic heterocycles. The number of aryl methyl sites for hydroxylation is 1. The number of aliphatic hydroxyl groups excluding tert-OH is 1. The molecule has 2 rings (SSSR count). The van der Waals surface area contributed by atoms with Gasteiger partial charge in [0.25, 0.3) is 5.91 Å². The van der Waals surface area contributed by atoms with Crippen molar-refractivity contribution in [3.63, 3.8) is 0 Å². The van der Waals surface area contributed by atoms with Gasteiger partial charge in [0.2, 0.25) is 0 Å². The van der Waals surface area contributed by atoms with Crippen LogP contribution in [0.3, 0.4) is 0 Å². The zero-order valence-electron chi connectivity index (χ0n) is 14.8. The van der Waals surface area contributed by atoms with E-state index in [2.05, 4.69) is 10.6 Å². The van der Waals surface area contributed by atoms with Crippen molar-refractivity contribution < 1.29 is 14.6 Å². The van der Waals surface area contributed by atoms with Crippen molar-refractivity contribution in [1.82, 2.24) is 10.6 Å². The smallest absolute Gasteiger partial charge is 0.251 e. The molecule has 0 saturated carbocycles. The Kier molecular flexibility index (Phi) is 7.53. The molecule has 5 nitrogen and oxygen atoms in total. The molecule has 1 aliphatic heterocycles. The Balaban J connectivity index is 1.77. The Labute approximate surface area is 144 Å². The molecule has 3 N–H and O–H groups in total. The lowest BCUT2D eigenvalue weighted by atomic mass is 9.93. The largest absolute Gasteiger partial charge is 0.494 e. The van der Waals surface area contributed by atoms with Crippen molar-refractivity contribution in [3.8, 4) is 5.75 Å². The van der Waals surface area contributed by atoms with Crippen molar-refractivity contribution in [2.75, 3.05) is 26.3 Å². The van der Waals surface area contributed by atoms with E-state index in [1.165, 1.54) is 19.3 Å². The maximum absolute atomic E-state index is 12.1. The van der Waals surface area contributed by atoms with Gasteiger partial charge < -0.3 is 20.5 Å². The fraction of sp³-hybridized carbons (Fsp3) is 0.632. The predicted molar refractivity (Wildman–Crippen MR) is 95.5 cm³/mol. The van der Waals surface area contributed by atoms with E-state index in [4.69, 9.17) is 9.84 Å². The first-order valence-electron chi connectivity index (χ1n) is 8.96. The maximum atomic E-state index is 12.1. The van der Waals surface area contributed by atoms with Crippen molar-refractivity contribution >= 4 is 5.91 Å². The lowest BCUT2D eigenvalue weighted by molar-refractivity contribution is 0.0921. The molecule has 0 spiro atoms. The standard InChI is InChI=1S/C19H30N2O3/c1-14-12-17(5-6-18(14)19(23)21-15(2)13-22)24-11-3-4-16-7-9-20-10-8-16/h5-6,12,15-16,20,22H,3-4,7-11,13H2,1-2H3,(H,21,23)/t15-/m1/s1. The number of hydrogen-bond donors (Lipinski definition) is 3. The summed E-state index contributed by atoms with van der Waals surface area (Å²) in [5, 5.41) is 15.2. The average Bonchev–Trinajstić information content (AvgIpc) is 2.59. The SMILES string of the molecule is Cc1cc(OCCCC2CCNCC2)ccc1C(=O)N[C@H](C)CO. The van der Waals surface area contributed by atoms with Crippen molar-refractivity contribution in [1.29, 1.82) is 0 Å². The van der Waals surface area contributed by atoms with Crippen LogP contribution in [0.15, 0.2) is 18.2 Å². The van der Waals surface area contributed by atoms with Gasteiger partial charge in [-0.05, 0) is 82.3 Å². The normalized spacial score (nSPS) is 16.6. The summed E-state index contributed by atoms with van der Waals surface area (Å²) in [6.07, 6.45) is 4.84. The summed E-state index contributed by atoms with van der Waals surface area (Å²) in [6.45, 7) is 6.61. The maximum Gasteiger partial charge on any atom is 0.251 e. The van der Waals surface area contributed by atoms with Crippen molar-refractivity contribution in [2.24, 2.45) is 5.92 Å². The lowest BCUT2D eigenvalue weighted by Crippen LogP contribution is -2.35. The van der Waals surface area contributed by atoms with Crippen LogP contribution in [0, 0.1) is 12.8 Å². The molecule has 134 valence electrons. The summed E-state index contributed by atoms with van der Waals surface area (Å²) < 4.78 is 5.83. The summed E-state index contributed by atoms with van der Waals surface area (Å²) >= 11 is 0. The van der Waals surface area contributed by atoms with Gasteiger partial charge in [0.1, 0.15) is 5.75 Å². The van der Waals surface area contributed by atoms with Crippen molar-refractivity contribution in [2.45, 2.75) is 45.6 Å². The summed E-state index contributed by atoms with van der Waals surface area (Å²) in [4.78, 5) is 12.1. The molecule has 1 aromatic carbocycles. The minimum Gasteiger partial charge on any atom is -0.494 e. The Bertz CT molecular complexity index is 527. The van der Waals surface area contributed by atoms with Crippen LogP contribution in [0.4, 0.5) is 0 Å². The third-order valence-electron chi connectivity index (χ3n) is 4.58. The average molecular weight is 334 g/mol. The van der Waals surface area contributed by atoms with Crippen LogP contribution in [0.2, 0.25) is 0 Å².